The quantitative estimate of drug-likeness (QED) is 0.217. The Bertz CT molecular complexity index is 1610. The molecule has 2 N–H and O–H groups in total. The van der Waals surface area contributed by atoms with Crippen molar-refractivity contribution in [3.05, 3.63) is 99.6 Å². The van der Waals surface area contributed by atoms with E-state index in [0.717, 1.165) is 36.1 Å². The van der Waals surface area contributed by atoms with E-state index in [-0.39, 0.29) is 28.4 Å². The van der Waals surface area contributed by atoms with Gasteiger partial charge in [0.1, 0.15) is 0 Å². The van der Waals surface area contributed by atoms with Crippen LogP contribution in [-0.2, 0) is 12.7 Å². The summed E-state index contributed by atoms with van der Waals surface area (Å²) in [5.74, 6) is -1.17. The number of halogens is 4. The van der Waals surface area contributed by atoms with E-state index in [1.54, 1.807) is 12.3 Å². The third kappa shape index (κ3) is 7.80. The standard InChI is InChI=1S/C31H29ClF3N5O2S/c1-2-39-7-9-40(10-8-39)19-21-6-5-20(13-27(21)31(33,34)35)29(41)37-25-14-24(32)15-26(16-25)38-30(42)23-12-22(17-36-18-23)28-4-3-11-43-28/h3-6,11-18H,2,7-10,19H2,1H3,(H,37,41)(H,38,42). The van der Waals surface area contributed by atoms with Gasteiger partial charge in [0.15, 0.2) is 0 Å². The first kappa shape index (κ1) is 30.7. The molecule has 0 radical (unpaired) electrons. The van der Waals surface area contributed by atoms with Crippen LogP contribution in [0.3, 0.4) is 0 Å². The minimum absolute atomic E-state index is 0.124. The van der Waals surface area contributed by atoms with E-state index in [4.69, 9.17) is 11.6 Å². The van der Waals surface area contributed by atoms with E-state index in [1.165, 1.54) is 47.9 Å². The monoisotopic (exact) mass is 627 g/mol. The number of aromatic nitrogens is 1. The number of anilines is 2. The molecule has 4 aromatic rings. The van der Waals surface area contributed by atoms with Gasteiger partial charge >= 0.3 is 6.18 Å². The minimum atomic E-state index is -4.62. The average molecular weight is 628 g/mol. The summed E-state index contributed by atoms with van der Waals surface area (Å²) in [7, 11) is 0. The van der Waals surface area contributed by atoms with Crippen LogP contribution in [0, 0.1) is 0 Å². The van der Waals surface area contributed by atoms with Crippen molar-refractivity contribution in [3.8, 4) is 10.4 Å². The Labute approximate surface area is 256 Å². The Kier molecular flexibility index (Phi) is 9.46. The molecular formula is C31H29ClF3N5O2S. The highest BCUT2D eigenvalue weighted by Gasteiger charge is 2.34. The van der Waals surface area contributed by atoms with Crippen LogP contribution in [0.1, 0.15) is 38.8 Å². The number of thiophene rings is 1. The molecule has 0 unspecified atom stereocenters. The van der Waals surface area contributed by atoms with Crippen LogP contribution in [0.4, 0.5) is 24.5 Å². The Hall–Kier alpha value is -3.77. The molecule has 0 aliphatic carbocycles. The summed E-state index contributed by atoms with van der Waals surface area (Å²) in [5.41, 5.74) is 0.769. The molecule has 0 bridgehead atoms. The zero-order valence-corrected chi connectivity index (χ0v) is 24.8. The minimum Gasteiger partial charge on any atom is -0.322 e. The van der Waals surface area contributed by atoms with Crippen molar-refractivity contribution in [3.63, 3.8) is 0 Å². The molecule has 5 rings (SSSR count). The number of hydrogen-bond donors (Lipinski definition) is 2. The lowest BCUT2D eigenvalue weighted by Crippen LogP contribution is -2.45. The van der Waals surface area contributed by atoms with Crippen molar-refractivity contribution in [2.24, 2.45) is 0 Å². The van der Waals surface area contributed by atoms with Gasteiger partial charge in [-0.1, -0.05) is 30.7 Å². The number of carbonyl (C=O) groups excluding carboxylic acids is 2. The molecule has 43 heavy (non-hydrogen) atoms. The van der Waals surface area contributed by atoms with Crippen LogP contribution in [0.15, 0.2) is 72.4 Å². The maximum Gasteiger partial charge on any atom is 0.416 e. The van der Waals surface area contributed by atoms with Crippen LogP contribution >= 0.6 is 22.9 Å². The molecule has 2 aromatic heterocycles. The van der Waals surface area contributed by atoms with Gasteiger partial charge in [0.2, 0.25) is 0 Å². The molecule has 224 valence electrons. The number of amides is 2. The fourth-order valence-corrected chi connectivity index (χ4v) is 5.85. The fourth-order valence-electron chi connectivity index (χ4n) is 4.91. The van der Waals surface area contributed by atoms with E-state index in [9.17, 15) is 22.8 Å². The lowest BCUT2D eigenvalue weighted by Gasteiger charge is -2.34. The highest BCUT2D eigenvalue weighted by atomic mass is 35.5. The fraction of sp³-hybridized carbons (Fsp3) is 0.258. The number of nitrogens with zero attached hydrogens (tertiary/aromatic N) is 3. The Morgan fingerprint density at radius 2 is 1.58 bits per heavy atom. The molecule has 0 atom stereocenters. The predicted molar refractivity (Wildman–Crippen MR) is 164 cm³/mol. The molecule has 0 spiro atoms. The molecule has 2 amide bonds. The molecule has 3 heterocycles. The number of likely N-dealkylation sites (N-methyl/N-ethyl adjacent to an activating group) is 1. The van der Waals surface area contributed by atoms with Gasteiger partial charge in [-0.15, -0.1) is 11.3 Å². The summed E-state index contributed by atoms with van der Waals surface area (Å²) in [4.78, 5) is 35.4. The van der Waals surface area contributed by atoms with Crippen LogP contribution in [-0.4, -0.2) is 59.3 Å². The third-order valence-corrected chi connectivity index (χ3v) is 8.34. The molecule has 0 saturated carbocycles. The second kappa shape index (κ2) is 13.3. The first-order valence-electron chi connectivity index (χ1n) is 13.7. The van der Waals surface area contributed by atoms with Gasteiger partial charge in [0, 0.05) is 77.5 Å². The zero-order valence-electron chi connectivity index (χ0n) is 23.2. The van der Waals surface area contributed by atoms with Gasteiger partial charge in [-0.2, -0.15) is 13.2 Å². The SMILES string of the molecule is CCN1CCN(Cc2ccc(C(=O)Nc3cc(Cl)cc(NC(=O)c4cncc(-c5cccs5)c4)c3)cc2C(F)(F)F)CC1. The molecule has 1 aliphatic heterocycles. The van der Waals surface area contributed by atoms with Crippen LogP contribution in [0.2, 0.25) is 5.02 Å². The summed E-state index contributed by atoms with van der Waals surface area (Å²) in [6.07, 6.45) is -1.52. The van der Waals surface area contributed by atoms with E-state index < -0.39 is 23.6 Å². The topological polar surface area (TPSA) is 77.6 Å². The summed E-state index contributed by atoms with van der Waals surface area (Å²) < 4.78 is 42.1. The number of hydrogen-bond acceptors (Lipinski definition) is 6. The van der Waals surface area contributed by atoms with Gasteiger partial charge < -0.3 is 15.5 Å². The molecular weight excluding hydrogens is 599 g/mol. The first-order valence-corrected chi connectivity index (χ1v) is 14.9. The number of pyridine rings is 1. The van der Waals surface area contributed by atoms with Crippen LogP contribution in [0.25, 0.3) is 10.4 Å². The van der Waals surface area contributed by atoms with Crippen molar-refractivity contribution in [2.45, 2.75) is 19.6 Å². The highest BCUT2D eigenvalue weighted by molar-refractivity contribution is 7.13. The van der Waals surface area contributed by atoms with Crippen molar-refractivity contribution >= 4 is 46.1 Å². The average Bonchev–Trinajstić information content (AvgIpc) is 3.52. The predicted octanol–water partition coefficient (Wildman–Crippen LogP) is 7.12. The maximum absolute atomic E-state index is 14.0. The van der Waals surface area contributed by atoms with Gasteiger partial charge in [-0.3, -0.25) is 19.5 Å². The van der Waals surface area contributed by atoms with E-state index in [1.807, 2.05) is 22.4 Å². The zero-order chi connectivity index (χ0) is 30.6. The Balaban J connectivity index is 1.29. The smallest absolute Gasteiger partial charge is 0.322 e. The lowest BCUT2D eigenvalue weighted by atomic mass is 10.0. The molecule has 1 aliphatic rings. The van der Waals surface area contributed by atoms with Crippen molar-refractivity contribution in [1.82, 2.24) is 14.8 Å². The van der Waals surface area contributed by atoms with E-state index in [0.29, 0.717) is 24.3 Å². The number of rotatable bonds is 8. The largest absolute Gasteiger partial charge is 0.416 e. The summed E-state index contributed by atoms with van der Waals surface area (Å²) in [6, 6.07) is 13.6. The van der Waals surface area contributed by atoms with Crippen molar-refractivity contribution < 1.29 is 22.8 Å². The van der Waals surface area contributed by atoms with Crippen molar-refractivity contribution in [1.29, 1.82) is 0 Å². The number of benzene rings is 2. The molecule has 1 saturated heterocycles. The molecule has 2 aromatic carbocycles. The van der Waals surface area contributed by atoms with Gasteiger partial charge in [-0.25, -0.2) is 0 Å². The normalized spacial score (nSPS) is 14.4. The summed E-state index contributed by atoms with van der Waals surface area (Å²) >= 11 is 7.77. The van der Waals surface area contributed by atoms with Gasteiger partial charge in [-0.05, 0) is 60.0 Å². The van der Waals surface area contributed by atoms with Crippen LogP contribution < -0.4 is 10.6 Å². The summed E-state index contributed by atoms with van der Waals surface area (Å²) in [6.45, 7) is 6.09. The van der Waals surface area contributed by atoms with Gasteiger partial charge in [0.25, 0.3) is 11.8 Å². The van der Waals surface area contributed by atoms with Crippen LogP contribution in [0.5, 0.6) is 0 Å². The van der Waals surface area contributed by atoms with E-state index >= 15 is 0 Å². The first-order chi connectivity index (χ1) is 20.6. The second-order valence-electron chi connectivity index (χ2n) is 10.2. The summed E-state index contributed by atoms with van der Waals surface area (Å²) in [5, 5.41) is 7.48. The molecule has 7 nitrogen and oxygen atoms in total. The number of nitrogens with one attached hydrogen (secondary N) is 2. The van der Waals surface area contributed by atoms with Gasteiger partial charge in [0.05, 0.1) is 11.1 Å². The second-order valence-corrected chi connectivity index (χ2v) is 11.5. The Morgan fingerprint density at radius 1 is 0.907 bits per heavy atom. The number of carbonyl (C=O) groups is 2. The number of piperazine rings is 1. The molecule has 1 fully saturated rings. The van der Waals surface area contributed by atoms with Crippen molar-refractivity contribution in [2.75, 3.05) is 43.4 Å². The lowest BCUT2D eigenvalue weighted by molar-refractivity contribution is -0.138. The van der Waals surface area contributed by atoms with E-state index in [2.05, 4.69) is 27.4 Å². The Morgan fingerprint density at radius 3 is 2.21 bits per heavy atom. The number of alkyl halides is 3. The third-order valence-electron chi connectivity index (χ3n) is 7.20. The molecule has 12 heteroatoms. The maximum atomic E-state index is 14.0. The highest BCUT2D eigenvalue weighted by Crippen LogP contribution is 2.34.